The van der Waals surface area contributed by atoms with E-state index in [0.29, 0.717) is 24.8 Å². The van der Waals surface area contributed by atoms with E-state index in [2.05, 4.69) is 9.47 Å². The third-order valence-corrected chi connectivity index (χ3v) is 2.78. The third kappa shape index (κ3) is 2.58. The van der Waals surface area contributed by atoms with Crippen molar-refractivity contribution in [2.45, 2.75) is 26.2 Å². The molecular weight excluding hydrogens is 196 g/mol. The van der Waals surface area contributed by atoms with Gasteiger partial charge in [-0.25, -0.2) is 4.79 Å². The first-order chi connectivity index (χ1) is 7.10. The van der Waals surface area contributed by atoms with E-state index < -0.39 is 0 Å². The number of carbonyl (C=O) groups is 2. The van der Waals surface area contributed by atoms with Gasteiger partial charge in [0, 0.05) is 5.57 Å². The average molecular weight is 212 g/mol. The van der Waals surface area contributed by atoms with Crippen LogP contribution >= 0.6 is 0 Å². The van der Waals surface area contributed by atoms with Crippen LogP contribution in [-0.2, 0) is 19.1 Å². The highest BCUT2D eigenvalue weighted by molar-refractivity contribution is 5.90. The molecule has 4 nitrogen and oxygen atoms in total. The molecule has 0 fully saturated rings. The molecular formula is C11H16O4. The number of hydrogen-bond acceptors (Lipinski definition) is 4. The van der Waals surface area contributed by atoms with Crippen molar-refractivity contribution in [1.82, 2.24) is 0 Å². The van der Waals surface area contributed by atoms with Gasteiger partial charge in [-0.15, -0.1) is 0 Å². The number of allylic oxidation sites excluding steroid dienone is 1. The van der Waals surface area contributed by atoms with E-state index in [0.717, 1.165) is 5.57 Å². The summed E-state index contributed by atoms with van der Waals surface area (Å²) >= 11 is 0. The van der Waals surface area contributed by atoms with Crippen LogP contribution in [-0.4, -0.2) is 26.2 Å². The van der Waals surface area contributed by atoms with Crippen molar-refractivity contribution in [3.63, 3.8) is 0 Å². The maximum absolute atomic E-state index is 11.3. The molecule has 0 radical (unpaired) electrons. The van der Waals surface area contributed by atoms with Crippen molar-refractivity contribution in [1.29, 1.82) is 0 Å². The molecule has 0 spiro atoms. The van der Waals surface area contributed by atoms with Crippen LogP contribution in [0.25, 0.3) is 0 Å². The van der Waals surface area contributed by atoms with E-state index in [-0.39, 0.29) is 17.9 Å². The molecule has 0 saturated heterocycles. The number of ether oxygens (including phenoxy) is 2. The van der Waals surface area contributed by atoms with Crippen LogP contribution < -0.4 is 0 Å². The maximum Gasteiger partial charge on any atom is 0.333 e. The lowest BCUT2D eigenvalue weighted by Crippen LogP contribution is -2.22. The number of rotatable bonds is 2. The smallest absolute Gasteiger partial charge is 0.333 e. The predicted octanol–water partition coefficient (Wildman–Crippen LogP) is 1.45. The van der Waals surface area contributed by atoms with Crippen LogP contribution in [0.3, 0.4) is 0 Å². The summed E-state index contributed by atoms with van der Waals surface area (Å²) in [6.07, 6.45) is 1.85. The quantitative estimate of drug-likeness (QED) is 0.650. The summed E-state index contributed by atoms with van der Waals surface area (Å²) < 4.78 is 9.35. The first-order valence-electron chi connectivity index (χ1n) is 4.95. The minimum absolute atomic E-state index is 0.108. The maximum atomic E-state index is 11.3. The van der Waals surface area contributed by atoms with E-state index in [1.54, 1.807) is 0 Å². The van der Waals surface area contributed by atoms with E-state index in [1.165, 1.54) is 14.2 Å². The van der Waals surface area contributed by atoms with E-state index in [9.17, 15) is 9.59 Å². The van der Waals surface area contributed by atoms with Crippen LogP contribution in [0.2, 0.25) is 0 Å². The molecule has 1 aliphatic rings. The van der Waals surface area contributed by atoms with Crippen molar-refractivity contribution in [3.8, 4) is 0 Å². The molecule has 4 heteroatoms. The summed E-state index contributed by atoms with van der Waals surface area (Å²) in [6.45, 7) is 1.86. The molecule has 15 heavy (non-hydrogen) atoms. The van der Waals surface area contributed by atoms with Gasteiger partial charge in [-0.2, -0.15) is 0 Å². The Morgan fingerprint density at radius 3 is 2.40 bits per heavy atom. The zero-order valence-electron chi connectivity index (χ0n) is 9.33. The fraction of sp³-hybridized carbons (Fsp3) is 0.636. The van der Waals surface area contributed by atoms with Gasteiger partial charge in [0.1, 0.15) is 0 Å². The van der Waals surface area contributed by atoms with Gasteiger partial charge in [-0.05, 0) is 26.2 Å². The normalized spacial score (nSPS) is 21.1. The largest absolute Gasteiger partial charge is 0.469 e. The summed E-state index contributed by atoms with van der Waals surface area (Å²) in [4.78, 5) is 22.6. The number of hydrogen-bond donors (Lipinski definition) is 0. The second kappa shape index (κ2) is 4.96. The summed E-state index contributed by atoms with van der Waals surface area (Å²) in [5, 5.41) is 0. The van der Waals surface area contributed by atoms with Crippen LogP contribution in [0.5, 0.6) is 0 Å². The van der Waals surface area contributed by atoms with Crippen molar-refractivity contribution >= 4 is 11.9 Å². The Labute approximate surface area is 89.2 Å². The molecule has 1 rings (SSSR count). The SMILES string of the molecule is COC(=O)C1=C(C)CC(C(=O)OC)CC1. The van der Waals surface area contributed by atoms with Crippen LogP contribution in [0.15, 0.2) is 11.1 Å². The summed E-state index contributed by atoms with van der Waals surface area (Å²) in [6, 6.07) is 0. The highest BCUT2D eigenvalue weighted by Gasteiger charge is 2.28. The molecule has 0 heterocycles. The lowest BCUT2D eigenvalue weighted by atomic mass is 9.84. The molecule has 1 atom stereocenters. The third-order valence-electron chi connectivity index (χ3n) is 2.78. The molecule has 0 bridgehead atoms. The van der Waals surface area contributed by atoms with Gasteiger partial charge in [0.25, 0.3) is 0 Å². The molecule has 0 N–H and O–H groups in total. The fourth-order valence-corrected chi connectivity index (χ4v) is 1.89. The van der Waals surface area contributed by atoms with Crippen molar-refractivity contribution in [2.24, 2.45) is 5.92 Å². The van der Waals surface area contributed by atoms with E-state index in [1.807, 2.05) is 6.92 Å². The van der Waals surface area contributed by atoms with Crippen LogP contribution in [0.4, 0.5) is 0 Å². The summed E-state index contributed by atoms with van der Waals surface area (Å²) in [5.74, 6) is -0.586. The molecule has 0 amide bonds. The average Bonchev–Trinajstić information content (AvgIpc) is 2.26. The Kier molecular flexibility index (Phi) is 3.88. The van der Waals surface area contributed by atoms with Crippen molar-refractivity contribution in [2.75, 3.05) is 14.2 Å². The molecule has 0 saturated carbocycles. The Balaban J connectivity index is 2.74. The molecule has 0 aromatic carbocycles. The Hall–Kier alpha value is -1.32. The Morgan fingerprint density at radius 1 is 1.27 bits per heavy atom. The lowest BCUT2D eigenvalue weighted by Gasteiger charge is -2.22. The lowest BCUT2D eigenvalue weighted by molar-refractivity contribution is -0.146. The zero-order chi connectivity index (χ0) is 11.4. The first-order valence-corrected chi connectivity index (χ1v) is 4.95. The number of esters is 2. The fourth-order valence-electron chi connectivity index (χ4n) is 1.89. The first kappa shape index (κ1) is 11.8. The topological polar surface area (TPSA) is 52.6 Å². The highest BCUT2D eigenvalue weighted by Crippen LogP contribution is 2.30. The van der Waals surface area contributed by atoms with Crippen LogP contribution in [0, 0.1) is 5.92 Å². The van der Waals surface area contributed by atoms with Crippen LogP contribution in [0.1, 0.15) is 26.2 Å². The van der Waals surface area contributed by atoms with Gasteiger partial charge in [-0.3, -0.25) is 4.79 Å². The van der Waals surface area contributed by atoms with Gasteiger partial charge in [0.05, 0.1) is 20.1 Å². The second-order valence-corrected chi connectivity index (χ2v) is 3.71. The standard InChI is InChI=1S/C11H16O4/c1-7-6-8(10(12)14-2)4-5-9(7)11(13)15-3/h8H,4-6H2,1-3H3. The van der Waals surface area contributed by atoms with Gasteiger partial charge >= 0.3 is 11.9 Å². The van der Waals surface area contributed by atoms with Gasteiger partial charge in [0.15, 0.2) is 0 Å². The molecule has 0 aliphatic heterocycles. The van der Waals surface area contributed by atoms with Crippen molar-refractivity contribution < 1.29 is 19.1 Å². The van der Waals surface area contributed by atoms with Gasteiger partial charge in [0.2, 0.25) is 0 Å². The summed E-state index contributed by atoms with van der Waals surface area (Å²) in [5.41, 5.74) is 1.64. The van der Waals surface area contributed by atoms with Gasteiger partial charge in [-0.1, -0.05) is 5.57 Å². The molecule has 0 aromatic heterocycles. The van der Waals surface area contributed by atoms with Crippen molar-refractivity contribution in [3.05, 3.63) is 11.1 Å². The minimum Gasteiger partial charge on any atom is -0.469 e. The molecule has 0 aromatic rings. The number of methoxy groups -OCH3 is 2. The Bertz CT molecular complexity index is 304. The number of carbonyl (C=O) groups excluding carboxylic acids is 2. The molecule has 1 aliphatic carbocycles. The minimum atomic E-state index is -0.282. The molecule has 1 unspecified atom stereocenters. The second-order valence-electron chi connectivity index (χ2n) is 3.71. The van der Waals surface area contributed by atoms with Gasteiger partial charge < -0.3 is 9.47 Å². The summed E-state index contributed by atoms with van der Waals surface area (Å²) in [7, 11) is 2.76. The zero-order valence-corrected chi connectivity index (χ0v) is 9.33. The molecule has 84 valence electrons. The highest BCUT2D eigenvalue weighted by atomic mass is 16.5. The van der Waals surface area contributed by atoms with E-state index in [4.69, 9.17) is 0 Å². The van der Waals surface area contributed by atoms with E-state index >= 15 is 0 Å². The predicted molar refractivity (Wildman–Crippen MR) is 54.1 cm³/mol. The Morgan fingerprint density at radius 2 is 1.93 bits per heavy atom. The monoisotopic (exact) mass is 212 g/mol.